The third kappa shape index (κ3) is 5.51. The fourth-order valence-corrected chi connectivity index (χ4v) is 5.77. The first kappa shape index (κ1) is 26.8. The van der Waals surface area contributed by atoms with Crippen LogP contribution in [0.4, 0.5) is 9.18 Å². The van der Waals surface area contributed by atoms with Gasteiger partial charge in [0.05, 0.1) is 5.52 Å². The average Bonchev–Trinajstić information content (AvgIpc) is 3.54. The Labute approximate surface area is 227 Å². The van der Waals surface area contributed by atoms with E-state index in [1.54, 1.807) is 23.1 Å². The van der Waals surface area contributed by atoms with Crippen molar-refractivity contribution in [3.05, 3.63) is 68.7 Å². The summed E-state index contributed by atoms with van der Waals surface area (Å²) in [5, 5.41) is 3.93. The maximum Gasteiger partial charge on any atom is 0.410 e. The molecule has 10 nitrogen and oxygen atoms in total. The van der Waals surface area contributed by atoms with Crippen molar-refractivity contribution < 1.29 is 18.4 Å². The van der Waals surface area contributed by atoms with Gasteiger partial charge >= 0.3 is 11.8 Å². The predicted octanol–water partition coefficient (Wildman–Crippen LogP) is 4.60. The van der Waals surface area contributed by atoms with Crippen molar-refractivity contribution in [3.8, 4) is 10.4 Å². The molecule has 0 bridgehead atoms. The second-order valence-corrected chi connectivity index (χ2v) is 11.6. The van der Waals surface area contributed by atoms with Crippen LogP contribution in [-0.4, -0.2) is 49.0 Å². The minimum atomic E-state index is -0.614. The molecule has 4 heterocycles. The number of halogens is 1. The van der Waals surface area contributed by atoms with E-state index in [1.165, 1.54) is 32.6 Å². The number of carbonyl (C=O) groups excluding carboxylic acids is 1. The van der Waals surface area contributed by atoms with Gasteiger partial charge in [-0.1, -0.05) is 24.2 Å². The quantitative estimate of drug-likeness (QED) is 0.354. The van der Waals surface area contributed by atoms with Crippen molar-refractivity contribution in [1.82, 2.24) is 24.2 Å². The molecule has 1 aliphatic heterocycles. The van der Waals surface area contributed by atoms with Crippen LogP contribution >= 0.6 is 11.3 Å². The molecule has 1 amide bonds. The molecule has 0 atom stereocenters. The number of nitrogens with zero attached hydrogens (tertiary/aromatic N) is 5. The molecule has 0 aliphatic carbocycles. The Bertz CT molecular complexity index is 1620. The van der Waals surface area contributed by atoms with Crippen molar-refractivity contribution in [2.45, 2.75) is 65.1 Å². The number of likely N-dealkylation sites (tertiary alicyclic amines) is 1. The Morgan fingerprint density at radius 3 is 2.49 bits per heavy atom. The number of piperidine rings is 1. The van der Waals surface area contributed by atoms with Crippen LogP contribution in [-0.2, 0) is 17.7 Å². The summed E-state index contributed by atoms with van der Waals surface area (Å²) in [6.45, 7) is 8.04. The topological polar surface area (TPSA) is 112 Å². The van der Waals surface area contributed by atoms with Crippen molar-refractivity contribution >= 4 is 27.6 Å². The summed E-state index contributed by atoms with van der Waals surface area (Å²) in [5.74, 6) is 0.421. The molecule has 0 unspecified atom stereocenters. The van der Waals surface area contributed by atoms with E-state index in [2.05, 4.69) is 10.1 Å². The third-order valence-electron chi connectivity index (χ3n) is 6.58. The van der Waals surface area contributed by atoms with E-state index in [0.717, 1.165) is 10.4 Å². The summed E-state index contributed by atoms with van der Waals surface area (Å²) in [6, 6.07) is 7.35. The molecule has 0 radical (unpaired) electrons. The highest BCUT2D eigenvalue weighted by atomic mass is 32.1. The van der Waals surface area contributed by atoms with Crippen LogP contribution in [0.1, 0.15) is 58.3 Å². The highest BCUT2D eigenvalue weighted by Crippen LogP contribution is 2.32. The number of aryl methyl sites for hydroxylation is 1. The van der Waals surface area contributed by atoms with Crippen LogP contribution in [0, 0.1) is 5.82 Å². The number of benzene rings is 1. The van der Waals surface area contributed by atoms with Gasteiger partial charge in [0, 0.05) is 30.4 Å². The molecule has 0 spiro atoms. The Hall–Kier alpha value is -3.80. The number of fused-ring (bicyclic) bond motifs is 1. The minimum absolute atomic E-state index is 0.00103. The molecule has 1 aromatic carbocycles. The molecule has 0 saturated carbocycles. The first-order chi connectivity index (χ1) is 18.5. The minimum Gasteiger partial charge on any atom is -0.444 e. The molecule has 12 heteroatoms. The van der Waals surface area contributed by atoms with Gasteiger partial charge in [-0.25, -0.2) is 14.0 Å². The van der Waals surface area contributed by atoms with E-state index in [4.69, 9.17) is 9.26 Å². The first-order valence-corrected chi connectivity index (χ1v) is 13.7. The highest BCUT2D eigenvalue weighted by Gasteiger charge is 2.30. The number of amides is 1. The fourth-order valence-electron chi connectivity index (χ4n) is 4.66. The van der Waals surface area contributed by atoms with Gasteiger partial charge in [-0.3, -0.25) is 13.9 Å². The maximum absolute atomic E-state index is 13.9. The van der Waals surface area contributed by atoms with Crippen LogP contribution in [0.25, 0.3) is 20.7 Å². The molecular weight excluding hydrogens is 525 g/mol. The zero-order valence-electron chi connectivity index (χ0n) is 22.3. The van der Waals surface area contributed by atoms with E-state index in [0.29, 0.717) is 48.4 Å². The van der Waals surface area contributed by atoms with Crippen LogP contribution in [0.15, 0.2) is 44.4 Å². The average molecular weight is 556 g/mol. The standard InChI is InChI=1S/C27H30FN5O5S/c1-5-21-29-22(38-30-21)15-32-19-14-20(16-6-8-17(28)9-7-16)39-23(19)24(34)33(25(32)35)18-10-12-31(13-11-18)26(36)37-27(2,3)4/h6-9,14,18H,5,10-13,15H2,1-4H3. The largest absolute Gasteiger partial charge is 0.444 e. The Balaban J connectivity index is 1.55. The summed E-state index contributed by atoms with van der Waals surface area (Å²) < 4.78 is 27.5. The number of aromatic nitrogens is 4. The fraction of sp³-hybridized carbons (Fsp3) is 0.444. The number of hydrogen-bond acceptors (Lipinski definition) is 8. The van der Waals surface area contributed by atoms with Crippen LogP contribution in [0.3, 0.4) is 0 Å². The number of carbonyl (C=O) groups is 1. The summed E-state index contributed by atoms with van der Waals surface area (Å²) in [4.78, 5) is 46.8. The lowest BCUT2D eigenvalue weighted by Crippen LogP contribution is -2.47. The predicted molar refractivity (Wildman–Crippen MR) is 145 cm³/mol. The molecule has 1 aliphatic rings. The molecular formula is C27H30FN5O5S. The zero-order chi connectivity index (χ0) is 27.9. The van der Waals surface area contributed by atoms with Gasteiger partial charge in [0.15, 0.2) is 5.82 Å². The molecule has 1 fully saturated rings. The van der Waals surface area contributed by atoms with E-state index in [-0.39, 0.29) is 23.8 Å². The van der Waals surface area contributed by atoms with Gasteiger partial charge in [-0.05, 0) is 57.4 Å². The van der Waals surface area contributed by atoms with Gasteiger partial charge in [-0.15, -0.1) is 11.3 Å². The zero-order valence-corrected chi connectivity index (χ0v) is 23.1. The lowest BCUT2D eigenvalue weighted by molar-refractivity contribution is 0.0186. The van der Waals surface area contributed by atoms with Gasteiger partial charge < -0.3 is 14.2 Å². The highest BCUT2D eigenvalue weighted by molar-refractivity contribution is 7.22. The van der Waals surface area contributed by atoms with Crippen LogP contribution in [0.5, 0.6) is 0 Å². The lowest BCUT2D eigenvalue weighted by Gasteiger charge is -2.33. The SMILES string of the molecule is CCc1noc(Cn2c(=O)n(C3CCN(C(=O)OC(C)(C)C)CC3)c(=O)c3sc(-c4ccc(F)cc4)cc32)n1. The van der Waals surface area contributed by atoms with Gasteiger partial charge in [0.25, 0.3) is 5.56 Å². The maximum atomic E-state index is 13.9. The molecule has 4 aromatic rings. The molecule has 5 rings (SSSR count). The smallest absolute Gasteiger partial charge is 0.410 e. The van der Waals surface area contributed by atoms with Crippen molar-refractivity contribution in [2.24, 2.45) is 0 Å². The summed E-state index contributed by atoms with van der Waals surface area (Å²) in [5.41, 5.74) is -0.299. The van der Waals surface area contributed by atoms with Gasteiger partial charge in [0.1, 0.15) is 22.7 Å². The van der Waals surface area contributed by atoms with Crippen LogP contribution in [0.2, 0.25) is 0 Å². The molecule has 39 heavy (non-hydrogen) atoms. The second-order valence-electron chi connectivity index (χ2n) is 10.5. The number of hydrogen-bond donors (Lipinski definition) is 0. The molecule has 1 saturated heterocycles. The third-order valence-corrected chi connectivity index (χ3v) is 7.74. The van der Waals surface area contributed by atoms with Crippen molar-refractivity contribution in [2.75, 3.05) is 13.1 Å². The van der Waals surface area contributed by atoms with E-state index >= 15 is 0 Å². The van der Waals surface area contributed by atoms with Gasteiger partial charge in [0.2, 0.25) is 5.89 Å². The normalized spacial score (nSPS) is 14.7. The summed E-state index contributed by atoms with van der Waals surface area (Å²) >= 11 is 1.25. The van der Waals surface area contributed by atoms with E-state index in [9.17, 15) is 18.8 Å². The monoisotopic (exact) mass is 555 g/mol. The number of ether oxygens (including phenoxy) is 1. The van der Waals surface area contributed by atoms with Crippen molar-refractivity contribution in [1.29, 1.82) is 0 Å². The first-order valence-electron chi connectivity index (χ1n) is 12.9. The summed E-state index contributed by atoms with van der Waals surface area (Å²) in [6.07, 6.45) is 1.02. The Morgan fingerprint density at radius 2 is 1.87 bits per heavy atom. The second kappa shape index (κ2) is 10.4. The molecule has 3 aromatic heterocycles. The number of thiophene rings is 1. The summed E-state index contributed by atoms with van der Waals surface area (Å²) in [7, 11) is 0. The Kier molecular flexibility index (Phi) is 7.15. The molecule has 206 valence electrons. The van der Waals surface area contributed by atoms with E-state index < -0.39 is 23.4 Å². The van der Waals surface area contributed by atoms with Gasteiger partial charge in [-0.2, -0.15) is 4.98 Å². The number of rotatable bonds is 5. The molecule has 0 N–H and O–H groups in total. The Morgan fingerprint density at radius 1 is 1.18 bits per heavy atom. The lowest BCUT2D eigenvalue weighted by atomic mass is 10.1. The van der Waals surface area contributed by atoms with E-state index in [1.807, 2.05) is 27.7 Å². The van der Waals surface area contributed by atoms with Crippen LogP contribution < -0.4 is 11.2 Å². The van der Waals surface area contributed by atoms with Crippen molar-refractivity contribution in [3.63, 3.8) is 0 Å².